The summed E-state index contributed by atoms with van der Waals surface area (Å²) in [6.07, 6.45) is 3.58. The van der Waals surface area contributed by atoms with Gasteiger partial charge in [-0.3, -0.25) is 4.79 Å². The van der Waals surface area contributed by atoms with Crippen LogP contribution in [0.1, 0.15) is 42.7 Å². The minimum atomic E-state index is -0.203. The van der Waals surface area contributed by atoms with Crippen LogP contribution in [0.4, 0.5) is 4.79 Å². The van der Waals surface area contributed by atoms with Crippen LogP contribution in [-0.4, -0.2) is 67.2 Å². The molecule has 0 spiro atoms. The molecule has 0 bridgehead atoms. The molecule has 8 heteroatoms. The van der Waals surface area contributed by atoms with Gasteiger partial charge in [-0.15, -0.1) is 11.3 Å². The Labute approximate surface area is 199 Å². The van der Waals surface area contributed by atoms with Gasteiger partial charge in [0.05, 0.1) is 12.1 Å². The van der Waals surface area contributed by atoms with Crippen LogP contribution in [0.15, 0.2) is 41.8 Å². The van der Waals surface area contributed by atoms with E-state index >= 15 is 0 Å². The number of nitrogens with zero attached hydrogens (tertiary/aromatic N) is 2. The van der Waals surface area contributed by atoms with Gasteiger partial charge in [-0.05, 0) is 54.8 Å². The Morgan fingerprint density at radius 1 is 1.27 bits per heavy atom. The number of benzene rings is 1. The molecule has 1 aromatic carbocycles. The first-order chi connectivity index (χ1) is 16.2. The molecular weight excluding hydrogens is 438 g/mol. The highest BCUT2D eigenvalue weighted by Crippen LogP contribution is 2.34. The number of ether oxygens (including phenoxy) is 2. The van der Waals surface area contributed by atoms with Crippen molar-refractivity contribution in [1.82, 2.24) is 15.1 Å². The minimum absolute atomic E-state index is 0.00720. The van der Waals surface area contributed by atoms with Crippen LogP contribution < -0.4 is 10.1 Å². The molecule has 1 aromatic heterocycles. The van der Waals surface area contributed by atoms with Gasteiger partial charge in [-0.2, -0.15) is 0 Å². The average Bonchev–Trinajstić information content (AvgIpc) is 3.53. The number of carbonyl (C=O) groups is 2. The largest absolute Gasteiger partial charge is 0.491 e. The van der Waals surface area contributed by atoms with E-state index in [-0.39, 0.29) is 30.6 Å². The SMILES string of the molecule is CCCNC(=O)N(CC(=O)N1CCc2sccc2[C@@H]1COc1ccccc1)C[C@@H]1CCCO1. The third kappa shape index (κ3) is 6.06. The van der Waals surface area contributed by atoms with Gasteiger partial charge in [-0.1, -0.05) is 25.1 Å². The lowest BCUT2D eigenvalue weighted by molar-refractivity contribution is -0.135. The Bertz CT molecular complexity index is 913. The zero-order valence-electron chi connectivity index (χ0n) is 19.2. The average molecular weight is 472 g/mol. The van der Waals surface area contributed by atoms with Gasteiger partial charge in [0.1, 0.15) is 18.9 Å². The number of carbonyl (C=O) groups excluding carboxylic acids is 2. The van der Waals surface area contributed by atoms with E-state index in [4.69, 9.17) is 9.47 Å². The quantitative estimate of drug-likeness (QED) is 0.603. The van der Waals surface area contributed by atoms with E-state index in [0.29, 0.717) is 26.2 Å². The summed E-state index contributed by atoms with van der Waals surface area (Å²) in [6, 6.07) is 11.4. The fourth-order valence-electron chi connectivity index (χ4n) is 4.42. The molecule has 0 radical (unpaired) electrons. The molecular formula is C25H33N3O4S. The second kappa shape index (κ2) is 11.5. The van der Waals surface area contributed by atoms with Crippen molar-refractivity contribution in [1.29, 1.82) is 0 Å². The van der Waals surface area contributed by atoms with Crippen molar-refractivity contribution in [2.75, 3.05) is 39.4 Å². The molecule has 2 aliphatic heterocycles. The number of nitrogens with one attached hydrogen (secondary N) is 1. The number of amides is 3. The molecule has 33 heavy (non-hydrogen) atoms. The van der Waals surface area contributed by atoms with Gasteiger partial charge in [0.25, 0.3) is 0 Å². The summed E-state index contributed by atoms with van der Waals surface area (Å²) in [4.78, 5) is 31.2. The monoisotopic (exact) mass is 471 g/mol. The summed E-state index contributed by atoms with van der Waals surface area (Å²) in [5, 5.41) is 5.00. The van der Waals surface area contributed by atoms with Gasteiger partial charge in [0.2, 0.25) is 5.91 Å². The number of fused-ring (bicyclic) bond motifs is 1. The summed E-state index contributed by atoms with van der Waals surface area (Å²) in [5.41, 5.74) is 1.15. The minimum Gasteiger partial charge on any atom is -0.491 e. The molecule has 0 aliphatic carbocycles. The van der Waals surface area contributed by atoms with Crippen molar-refractivity contribution in [3.8, 4) is 5.75 Å². The normalized spacial score (nSPS) is 19.7. The molecule has 1 N–H and O–H groups in total. The number of hydrogen-bond donors (Lipinski definition) is 1. The van der Waals surface area contributed by atoms with Crippen molar-refractivity contribution in [3.63, 3.8) is 0 Å². The summed E-state index contributed by atoms with van der Waals surface area (Å²) < 4.78 is 11.8. The van der Waals surface area contributed by atoms with Crippen LogP contribution >= 0.6 is 11.3 Å². The van der Waals surface area contributed by atoms with Crippen LogP contribution in [0.25, 0.3) is 0 Å². The molecule has 1 fully saturated rings. The van der Waals surface area contributed by atoms with Crippen LogP contribution in [0.3, 0.4) is 0 Å². The second-order valence-corrected chi connectivity index (χ2v) is 9.52. The standard InChI is InChI=1S/C25H33N3O4S/c1-2-12-26-25(30)27(16-20-9-6-14-31-20)17-24(29)28-13-10-23-21(11-15-33-23)22(28)18-32-19-7-4-3-5-8-19/h3-5,7-8,11,15,20,22H,2,6,9-10,12-14,16-18H2,1H3,(H,26,30)/t20-,22-/m0/s1. The first kappa shape index (κ1) is 23.6. The van der Waals surface area contributed by atoms with Crippen LogP contribution in [-0.2, 0) is 16.0 Å². The molecule has 3 heterocycles. The summed E-state index contributed by atoms with van der Waals surface area (Å²) in [6.45, 7) is 4.80. The fraction of sp³-hybridized carbons (Fsp3) is 0.520. The maximum Gasteiger partial charge on any atom is 0.317 e. The maximum absolute atomic E-state index is 13.5. The first-order valence-corrected chi connectivity index (χ1v) is 12.7. The highest BCUT2D eigenvalue weighted by atomic mass is 32.1. The molecule has 2 aliphatic rings. The van der Waals surface area contributed by atoms with E-state index < -0.39 is 0 Å². The number of thiophene rings is 1. The molecule has 7 nitrogen and oxygen atoms in total. The molecule has 178 valence electrons. The van der Waals surface area contributed by atoms with Crippen LogP contribution in [0, 0.1) is 0 Å². The van der Waals surface area contributed by atoms with Crippen molar-refractivity contribution in [2.24, 2.45) is 0 Å². The Balaban J connectivity index is 1.47. The Morgan fingerprint density at radius 3 is 2.88 bits per heavy atom. The number of rotatable bonds is 9. The fourth-order valence-corrected chi connectivity index (χ4v) is 5.35. The lowest BCUT2D eigenvalue weighted by Crippen LogP contribution is -2.51. The van der Waals surface area contributed by atoms with E-state index in [9.17, 15) is 9.59 Å². The van der Waals surface area contributed by atoms with Gasteiger partial charge >= 0.3 is 6.03 Å². The molecule has 0 saturated carbocycles. The molecule has 4 rings (SSSR count). The van der Waals surface area contributed by atoms with Crippen molar-refractivity contribution in [2.45, 2.75) is 44.8 Å². The molecule has 0 unspecified atom stereocenters. The van der Waals surface area contributed by atoms with Gasteiger partial charge in [0, 0.05) is 31.1 Å². The van der Waals surface area contributed by atoms with Gasteiger partial charge < -0.3 is 24.6 Å². The Hall–Kier alpha value is -2.58. The first-order valence-electron chi connectivity index (χ1n) is 11.8. The third-order valence-electron chi connectivity index (χ3n) is 6.15. The lowest BCUT2D eigenvalue weighted by atomic mass is 10.0. The van der Waals surface area contributed by atoms with Crippen molar-refractivity contribution in [3.05, 3.63) is 52.2 Å². The van der Waals surface area contributed by atoms with Crippen molar-refractivity contribution >= 4 is 23.3 Å². The Morgan fingerprint density at radius 2 is 2.12 bits per heavy atom. The number of urea groups is 1. The predicted molar refractivity (Wildman–Crippen MR) is 129 cm³/mol. The van der Waals surface area contributed by atoms with Gasteiger partial charge in [0.15, 0.2) is 0 Å². The van der Waals surface area contributed by atoms with Crippen LogP contribution in [0.2, 0.25) is 0 Å². The van der Waals surface area contributed by atoms with E-state index in [1.807, 2.05) is 42.2 Å². The number of hydrogen-bond acceptors (Lipinski definition) is 5. The highest BCUT2D eigenvalue weighted by Gasteiger charge is 2.34. The summed E-state index contributed by atoms with van der Waals surface area (Å²) in [7, 11) is 0. The highest BCUT2D eigenvalue weighted by molar-refractivity contribution is 7.10. The molecule has 1 saturated heterocycles. The zero-order chi connectivity index (χ0) is 23.0. The lowest BCUT2D eigenvalue weighted by Gasteiger charge is -2.37. The zero-order valence-corrected chi connectivity index (χ0v) is 20.0. The smallest absolute Gasteiger partial charge is 0.317 e. The maximum atomic E-state index is 13.5. The van der Waals surface area contributed by atoms with Gasteiger partial charge in [-0.25, -0.2) is 4.79 Å². The van der Waals surface area contributed by atoms with E-state index in [1.54, 1.807) is 16.2 Å². The molecule has 3 amide bonds. The van der Waals surface area contributed by atoms with Crippen molar-refractivity contribution < 1.29 is 19.1 Å². The summed E-state index contributed by atoms with van der Waals surface area (Å²) in [5.74, 6) is 0.726. The molecule has 2 atom stereocenters. The molecule has 2 aromatic rings. The topological polar surface area (TPSA) is 71.1 Å². The Kier molecular flexibility index (Phi) is 8.23. The van der Waals surface area contributed by atoms with E-state index in [1.165, 1.54) is 4.88 Å². The second-order valence-electron chi connectivity index (χ2n) is 8.52. The van der Waals surface area contributed by atoms with E-state index in [0.717, 1.165) is 43.6 Å². The predicted octanol–water partition coefficient (Wildman–Crippen LogP) is 3.85. The third-order valence-corrected chi connectivity index (χ3v) is 7.15. The number of para-hydroxylation sites is 1. The van der Waals surface area contributed by atoms with Crippen LogP contribution in [0.5, 0.6) is 5.75 Å². The summed E-state index contributed by atoms with van der Waals surface area (Å²) >= 11 is 1.73. The van der Waals surface area contributed by atoms with E-state index in [2.05, 4.69) is 16.8 Å².